The molecule has 1 amide bonds. The first-order valence-electron chi connectivity index (χ1n) is 8.28. The number of nitriles is 1. The molecule has 0 radical (unpaired) electrons. The third-order valence-electron chi connectivity index (χ3n) is 4.57. The minimum atomic E-state index is -0.0792. The molecule has 5 nitrogen and oxygen atoms in total. The number of nitrogens with zero attached hydrogens (tertiary/aromatic N) is 3. The van der Waals surface area contributed by atoms with E-state index >= 15 is 0 Å². The molecule has 1 aliphatic rings. The van der Waals surface area contributed by atoms with E-state index < -0.39 is 0 Å². The molecule has 25 heavy (non-hydrogen) atoms. The highest BCUT2D eigenvalue weighted by molar-refractivity contribution is 5.96. The zero-order valence-corrected chi connectivity index (χ0v) is 13.7. The lowest BCUT2D eigenvalue weighted by atomic mass is 10.1. The van der Waals surface area contributed by atoms with Crippen molar-refractivity contribution in [2.45, 2.75) is 0 Å². The van der Waals surface area contributed by atoms with E-state index in [-0.39, 0.29) is 5.91 Å². The maximum atomic E-state index is 12.7. The fourth-order valence-corrected chi connectivity index (χ4v) is 3.24. The van der Waals surface area contributed by atoms with Crippen LogP contribution in [0.15, 0.2) is 59.0 Å². The minimum absolute atomic E-state index is 0.0792. The zero-order chi connectivity index (χ0) is 17.2. The third-order valence-corrected chi connectivity index (χ3v) is 4.57. The lowest BCUT2D eigenvalue weighted by Crippen LogP contribution is -2.48. The summed E-state index contributed by atoms with van der Waals surface area (Å²) < 4.78 is 5.68. The average Bonchev–Trinajstić information content (AvgIpc) is 3.12. The highest BCUT2D eigenvalue weighted by Gasteiger charge is 2.25. The summed E-state index contributed by atoms with van der Waals surface area (Å²) in [7, 11) is 0. The van der Waals surface area contributed by atoms with Gasteiger partial charge in [0, 0.05) is 31.6 Å². The van der Waals surface area contributed by atoms with Crippen molar-refractivity contribution in [1.29, 1.82) is 5.26 Å². The van der Waals surface area contributed by atoms with Gasteiger partial charge in [-0.1, -0.05) is 30.3 Å². The van der Waals surface area contributed by atoms with Crippen LogP contribution < -0.4 is 4.90 Å². The summed E-state index contributed by atoms with van der Waals surface area (Å²) in [5, 5.41) is 10.2. The Morgan fingerprint density at radius 3 is 2.48 bits per heavy atom. The predicted octanol–water partition coefficient (Wildman–Crippen LogP) is 3.27. The molecule has 0 spiro atoms. The topological polar surface area (TPSA) is 60.5 Å². The molecule has 1 aromatic heterocycles. The molecule has 1 fully saturated rings. The summed E-state index contributed by atoms with van der Waals surface area (Å²) in [5.74, 6) is 0.302. The van der Waals surface area contributed by atoms with Crippen LogP contribution in [0.1, 0.15) is 16.1 Å². The van der Waals surface area contributed by atoms with Crippen molar-refractivity contribution < 1.29 is 9.21 Å². The molecule has 0 bridgehead atoms. The van der Waals surface area contributed by atoms with Gasteiger partial charge in [0.2, 0.25) is 0 Å². The van der Waals surface area contributed by atoms with Gasteiger partial charge in [0.25, 0.3) is 5.91 Å². The number of benzene rings is 2. The number of carbonyl (C=O) groups excluding carboxylic acids is 1. The SMILES string of the molecule is N#Cc1ccccc1N1CCN(C(=O)c2cc3ccccc3o2)CC1. The first kappa shape index (κ1) is 15.3. The van der Waals surface area contributed by atoms with Gasteiger partial charge in [0.1, 0.15) is 11.7 Å². The Morgan fingerprint density at radius 2 is 1.72 bits per heavy atom. The van der Waals surface area contributed by atoms with Gasteiger partial charge in [-0.2, -0.15) is 5.26 Å². The highest BCUT2D eigenvalue weighted by Crippen LogP contribution is 2.23. The molecule has 0 N–H and O–H groups in total. The summed E-state index contributed by atoms with van der Waals surface area (Å²) in [6.07, 6.45) is 0. The van der Waals surface area contributed by atoms with Crippen LogP contribution in [0.3, 0.4) is 0 Å². The maximum Gasteiger partial charge on any atom is 0.289 e. The summed E-state index contributed by atoms with van der Waals surface area (Å²) in [5.41, 5.74) is 2.33. The molecule has 0 aliphatic carbocycles. The van der Waals surface area contributed by atoms with Crippen molar-refractivity contribution in [3.8, 4) is 6.07 Å². The van der Waals surface area contributed by atoms with Gasteiger partial charge in [-0.05, 0) is 24.3 Å². The fraction of sp³-hybridized carbons (Fsp3) is 0.200. The number of carbonyl (C=O) groups is 1. The van der Waals surface area contributed by atoms with Crippen LogP contribution in [0, 0.1) is 11.3 Å². The second-order valence-corrected chi connectivity index (χ2v) is 6.06. The number of rotatable bonds is 2. The van der Waals surface area contributed by atoms with E-state index in [4.69, 9.17) is 4.42 Å². The van der Waals surface area contributed by atoms with Crippen molar-refractivity contribution in [3.63, 3.8) is 0 Å². The number of furan rings is 1. The summed E-state index contributed by atoms with van der Waals surface area (Å²) in [6.45, 7) is 2.61. The smallest absolute Gasteiger partial charge is 0.289 e. The van der Waals surface area contributed by atoms with E-state index in [1.54, 1.807) is 6.07 Å². The van der Waals surface area contributed by atoms with E-state index in [0.29, 0.717) is 37.5 Å². The number of hydrogen-bond acceptors (Lipinski definition) is 4. The van der Waals surface area contributed by atoms with E-state index in [1.807, 2.05) is 53.4 Å². The average molecular weight is 331 g/mol. The maximum absolute atomic E-state index is 12.7. The van der Waals surface area contributed by atoms with Crippen molar-refractivity contribution in [3.05, 3.63) is 65.9 Å². The van der Waals surface area contributed by atoms with Gasteiger partial charge in [-0.3, -0.25) is 4.79 Å². The van der Waals surface area contributed by atoms with Crippen LogP contribution in [0.2, 0.25) is 0 Å². The van der Waals surface area contributed by atoms with Crippen LogP contribution in [0.25, 0.3) is 11.0 Å². The quantitative estimate of drug-likeness (QED) is 0.723. The van der Waals surface area contributed by atoms with E-state index in [1.165, 1.54) is 0 Å². The molecule has 4 rings (SSSR count). The second-order valence-electron chi connectivity index (χ2n) is 6.06. The largest absolute Gasteiger partial charge is 0.451 e. The molecular weight excluding hydrogens is 314 g/mol. The monoisotopic (exact) mass is 331 g/mol. The molecule has 5 heteroatoms. The van der Waals surface area contributed by atoms with Crippen molar-refractivity contribution >= 4 is 22.6 Å². The first-order valence-corrected chi connectivity index (χ1v) is 8.28. The number of piperazine rings is 1. The lowest BCUT2D eigenvalue weighted by molar-refractivity contribution is 0.0717. The zero-order valence-electron chi connectivity index (χ0n) is 13.7. The lowest BCUT2D eigenvalue weighted by Gasteiger charge is -2.36. The van der Waals surface area contributed by atoms with Gasteiger partial charge in [-0.15, -0.1) is 0 Å². The molecular formula is C20H17N3O2. The van der Waals surface area contributed by atoms with Crippen LogP contribution in [-0.4, -0.2) is 37.0 Å². The van der Waals surface area contributed by atoms with Crippen LogP contribution in [0.5, 0.6) is 0 Å². The Balaban J connectivity index is 1.48. The van der Waals surface area contributed by atoms with Gasteiger partial charge in [-0.25, -0.2) is 0 Å². The van der Waals surface area contributed by atoms with Crippen LogP contribution in [0.4, 0.5) is 5.69 Å². The molecule has 2 aromatic carbocycles. The molecule has 0 atom stereocenters. The van der Waals surface area contributed by atoms with Gasteiger partial charge < -0.3 is 14.2 Å². The van der Waals surface area contributed by atoms with Crippen LogP contribution in [-0.2, 0) is 0 Å². The van der Waals surface area contributed by atoms with Crippen molar-refractivity contribution in [2.75, 3.05) is 31.1 Å². The van der Waals surface area contributed by atoms with Crippen molar-refractivity contribution in [1.82, 2.24) is 4.90 Å². The fourth-order valence-electron chi connectivity index (χ4n) is 3.24. The first-order chi connectivity index (χ1) is 12.3. The molecule has 1 aliphatic heterocycles. The second kappa shape index (κ2) is 6.33. The molecule has 124 valence electrons. The van der Waals surface area contributed by atoms with Crippen LogP contribution >= 0.6 is 0 Å². The van der Waals surface area contributed by atoms with Gasteiger partial charge in [0.05, 0.1) is 11.3 Å². The third kappa shape index (κ3) is 2.83. The summed E-state index contributed by atoms with van der Waals surface area (Å²) >= 11 is 0. The summed E-state index contributed by atoms with van der Waals surface area (Å²) in [6, 6.07) is 19.2. The Bertz CT molecular complexity index is 929. The Morgan fingerprint density at radius 1 is 1.00 bits per heavy atom. The highest BCUT2D eigenvalue weighted by atomic mass is 16.3. The van der Waals surface area contributed by atoms with E-state index in [0.717, 1.165) is 16.7 Å². The number of amides is 1. The number of fused-ring (bicyclic) bond motifs is 1. The van der Waals surface area contributed by atoms with E-state index in [2.05, 4.69) is 11.0 Å². The molecule has 1 saturated heterocycles. The van der Waals surface area contributed by atoms with Crippen molar-refractivity contribution in [2.24, 2.45) is 0 Å². The number of para-hydroxylation sites is 2. The number of hydrogen-bond donors (Lipinski definition) is 0. The molecule has 0 unspecified atom stereocenters. The Labute approximate surface area is 145 Å². The predicted molar refractivity (Wildman–Crippen MR) is 95.5 cm³/mol. The Kier molecular flexibility index (Phi) is 3.87. The molecule has 2 heterocycles. The minimum Gasteiger partial charge on any atom is -0.451 e. The number of anilines is 1. The van der Waals surface area contributed by atoms with E-state index in [9.17, 15) is 10.1 Å². The standard InChI is InChI=1S/C20H17N3O2/c21-14-16-6-1-3-7-17(16)22-9-11-23(12-10-22)20(24)19-13-15-5-2-4-8-18(15)25-19/h1-8,13H,9-12H2. The van der Waals surface area contributed by atoms with Gasteiger partial charge >= 0.3 is 0 Å². The normalized spacial score (nSPS) is 14.5. The summed E-state index contributed by atoms with van der Waals surface area (Å²) in [4.78, 5) is 16.7. The molecule has 3 aromatic rings. The molecule has 0 saturated carbocycles. The van der Waals surface area contributed by atoms with Gasteiger partial charge in [0.15, 0.2) is 5.76 Å². The Hall–Kier alpha value is -3.26.